The number of aliphatic hydroxyl groups excluding tert-OH is 1. The third-order valence-corrected chi connectivity index (χ3v) is 5.11. The fourth-order valence-electron chi connectivity index (χ4n) is 3.82. The molecule has 0 aromatic rings. The molecule has 114 valence electrons. The molecular weight excluding hydrogens is 256 g/mol. The summed E-state index contributed by atoms with van der Waals surface area (Å²) in [4.78, 5) is 16.8. The van der Waals surface area contributed by atoms with Crippen LogP contribution < -0.4 is 0 Å². The predicted octanol–water partition coefficient (Wildman–Crippen LogP) is 0.471. The molecule has 0 bridgehead atoms. The third kappa shape index (κ3) is 3.00. The van der Waals surface area contributed by atoms with E-state index in [-0.39, 0.29) is 12.0 Å². The van der Waals surface area contributed by atoms with Gasteiger partial charge in [-0.3, -0.25) is 9.69 Å². The minimum Gasteiger partial charge on any atom is -0.391 e. The predicted molar refractivity (Wildman–Crippen MR) is 75.3 cm³/mol. The lowest BCUT2D eigenvalue weighted by Gasteiger charge is -2.40. The summed E-state index contributed by atoms with van der Waals surface area (Å²) in [6, 6.07) is 0.329. The number of rotatable bonds is 2. The van der Waals surface area contributed by atoms with E-state index >= 15 is 0 Å². The van der Waals surface area contributed by atoms with Crippen molar-refractivity contribution in [3.05, 3.63) is 0 Å². The van der Waals surface area contributed by atoms with Crippen molar-refractivity contribution in [1.29, 1.82) is 0 Å². The van der Waals surface area contributed by atoms with Crippen molar-refractivity contribution >= 4 is 5.91 Å². The van der Waals surface area contributed by atoms with Gasteiger partial charge in [0, 0.05) is 51.4 Å². The molecule has 0 spiro atoms. The first-order valence-corrected chi connectivity index (χ1v) is 8.04. The highest BCUT2D eigenvalue weighted by Gasteiger charge is 2.34. The summed E-state index contributed by atoms with van der Waals surface area (Å²) < 4.78 is 5.33. The van der Waals surface area contributed by atoms with E-state index in [9.17, 15) is 9.90 Å². The van der Waals surface area contributed by atoms with Crippen LogP contribution in [-0.2, 0) is 9.53 Å². The molecule has 0 radical (unpaired) electrons. The van der Waals surface area contributed by atoms with Crippen molar-refractivity contribution in [2.45, 2.75) is 44.2 Å². The molecule has 3 fully saturated rings. The Bertz CT molecular complexity index is 336. The zero-order valence-corrected chi connectivity index (χ0v) is 12.2. The first-order chi connectivity index (χ1) is 9.75. The number of ether oxygens (including phenoxy) is 1. The third-order valence-electron chi connectivity index (χ3n) is 5.11. The number of nitrogens with zero attached hydrogens (tertiary/aromatic N) is 2. The van der Waals surface area contributed by atoms with Crippen molar-refractivity contribution < 1.29 is 14.6 Å². The maximum Gasteiger partial charge on any atom is 0.225 e. The maximum absolute atomic E-state index is 12.4. The molecule has 1 aliphatic carbocycles. The van der Waals surface area contributed by atoms with Gasteiger partial charge in [-0.05, 0) is 32.1 Å². The van der Waals surface area contributed by atoms with Crippen LogP contribution in [0.2, 0.25) is 0 Å². The van der Waals surface area contributed by atoms with Gasteiger partial charge in [0.15, 0.2) is 0 Å². The molecule has 2 saturated heterocycles. The maximum atomic E-state index is 12.4. The minimum atomic E-state index is -0.159. The molecule has 3 aliphatic rings. The van der Waals surface area contributed by atoms with E-state index in [1.165, 1.54) is 0 Å². The van der Waals surface area contributed by atoms with Crippen molar-refractivity contribution in [1.82, 2.24) is 9.80 Å². The molecule has 20 heavy (non-hydrogen) atoms. The standard InChI is InChI=1S/C15H26N2O3/c18-14-3-1-2-13(14)16-6-8-17(9-7-16)15(19)12-4-10-20-11-5-12/h12-14,18H,1-11H2. The molecule has 0 aromatic carbocycles. The summed E-state index contributed by atoms with van der Waals surface area (Å²) in [7, 11) is 0. The summed E-state index contributed by atoms with van der Waals surface area (Å²) in [5.41, 5.74) is 0. The van der Waals surface area contributed by atoms with Crippen LogP contribution in [0.25, 0.3) is 0 Å². The monoisotopic (exact) mass is 282 g/mol. The van der Waals surface area contributed by atoms with Crippen molar-refractivity contribution in [3.8, 4) is 0 Å². The number of amides is 1. The average Bonchev–Trinajstić information content (AvgIpc) is 2.94. The molecule has 2 aliphatic heterocycles. The van der Waals surface area contributed by atoms with Gasteiger partial charge in [0.25, 0.3) is 0 Å². The van der Waals surface area contributed by atoms with Crippen molar-refractivity contribution in [2.75, 3.05) is 39.4 Å². The lowest BCUT2D eigenvalue weighted by atomic mass is 9.98. The molecule has 0 aromatic heterocycles. The normalized spacial score (nSPS) is 33.5. The van der Waals surface area contributed by atoms with Gasteiger partial charge in [0.2, 0.25) is 5.91 Å². The molecule has 1 saturated carbocycles. The van der Waals surface area contributed by atoms with Crippen LogP contribution in [-0.4, -0.2) is 72.4 Å². The Hall–Kier alpha value is -0.650. The first kappa shape index (κ1) is 14.3. The molecule has 1 N–H and O–H groups in total. The van der Waals surface area contributed by atoms with Gasteiger partial charge in [0.1, 0.15) is 0 Å². The Labute approximate surface area is 120 Å². The number of aliphatic hydroxyl groups is 1. The molecule has 5 heteroatoms. The van der Waals surface area contributed by atoms with Crippen LogP contribution in [0.4, 0.5) is 0 Å². The molecule has 2 atom stereocenters. The van der Waals surface area contributed by atoms with Crippen molar-refractivity contribution in [3.63, 3.8) is 0 Å². The van der Waals surface area contributed by atoms with E-state index in [1.807, 2.05) is 4.90 Å². The number of hydrogen-bond donors (Lipinski definition) is 1. The van der Waals surface area contributed by atoms with Gasteiger partial charge in [-0.15, -0.1) is 0 Å². The lowest BCUT2D eigenvalue weighted by molar-refractivity contribution is -0.140. The van der Waals surface area contributed by atoms with E-state index in [0.717, 1.165) is 71.5 Å². The van der Waals surface area contributed by atoms with Gasteiger partial charge < -0.3 is 14.7 Å². The second-order valence-electron chi connectivity index (χ2n) is 6.31. The molecule has 1 amide bonds. The highest BCUT2D eigenvalue weighted by molar-refractivity contribution is 5.79. The van der Waals surface area contributed by atoms with Crippen LogP contribution >= 0.6 is 0 Å². The van der Waals surface area contributed by atoms with Gasteiger partial charge in [-0.1, -0.05) is 0 Å². The van der Waals surface area contributed by atoms with Gasteiger partial charge in [0.05, 0.1) is 6.10 Å². The molecular formula is C15H26N2O3. The number of hydrogen-bond acceptors (Lipinski definition) is 4. The summed E-state index contributed by atoms with van der Waals surface area (Å²) in [6.45, 7) is 4.92. The van der Waals surface area contributed by atoms with E-state index in [2.05, 4.69) is 4.90 Å². The summed E-state index contributed by atoms with van der Waals surface area (Å²) in [6.07, 6.45) is 4.77. The van der Waals surface area contributed by atoms with Crippen LogP contribution in [0, 0.1) is 5.92 Å². The van der Waals surface area contributed by atoms with Crippen LogP contribution in [0.5, 0.6) is 0 Å². The van der Waals surface area contributed by atoms with E-state index in [1.54, 1.807) is 0 Å². The Morgan fingerprint density at radius 1 is 1.00 bits per heavy atom. The SMILES string of the molecule is O=C(C1CCOCC1)N1CCN(C2CCCC2O)CC1. The largest absolute Gasteiger partial charge is 0.391 e. The van der Waals surface area contributed by atoms with Gasteiger partial charge in [-0.2, -0.15) is 0 Å². The van der Waals surface area contributed by atoms with E-state index in [4.69, 9.17) is 4.74 Å². The molecule has 2 unspecified atom stereocenters. The lowest BCUT2D eigenvalue weighted by Crippen LogP contribution is -2.54. The van der Waals surface area contributed by atoms with Crippen molar-refractivity contribution in [2.24, 2.45) is 5.92 Å². The van der Waals surface area contributed by atoms with Crippen LogP contribution in [0.3, 0.4) is 0 Å². The molecule has 5 nitrogen and oxygen atoms in total. The topological polar surface area (TPSA) is 53.0 Å². The van der Waals surface area contributed by atoms with Crippen LogP contribution in [0.1, 0.15) is 32.1 Å². The Balaban J connectivity index is 1.49. The van der Waals surface area contributed by atoms with Crippen LogP contribution in [0.15, 0.2) is 0 Å². The average molecular weight is 282 g/mol. The fourth-order valence-corrected chi connectivity index (χ4v) is 3.82. The fraction of sp³-hybridized carbons (Fsp3) is 0.933. The van der Waals surface area contributed by atoms with Gasteiger partial charge >= 0.3 is 0 Å². The molecule has 2 heterocycles. The zero-order chi connectivity index (χ0) is 13.9. The summed E-state index contributed by atoms with van der Waals surface area (Å²) in [5.74, 6) is 0.493. The van der Waals surface area contributed by atoms with Gasteiger partial charge in [-0.25, -0.2) is 0 Å². The minimum absolute atomic E-state index is 0.159. The number of carbonyl (C=O) groups excluding carboxylic acids is 1. The Morgan fingerprint density at radius 2 is 1.70 bits per heavy atom. The highest BCUT2D eigenvalue weighted by atomic mass is 16.5. The second kappa shape index (κ2) is 6.41. The smallest absolute Gasteiger partial charge is 0.225 e. The summed E-state index contributed by atoms with van der Waals surface area (Å²) in [5, 5.41) is 9.98. The number of carbonyl (C=O) groups is 1. The first-order valence-electron chi connectivity index (χ1n) is 8.04. The number of piperazine rings is 1. The highest BCUT2D eigenvalue weighted by Crippen LogP contribution is 2.26. The Kier molecular flexibility index (Phi) is 4.58. The quantitative estimate of drug-likeness (QED) is 0.800. The Morgan fingerprint density at radius 3 is 2.30 bits per heavy atom. The van der Waals surface area contributed by atoms with E-state index in [0.29, 0.717) is 11.9 Å². The summed E-state index contributed by atoms with van der Waals surface area (Å²) >= 11 is 0. The second-order valence-corrected chi connectivity index (χ2v) is 6.31. The van der Waals surface area contributed by atoms with E-state index < -0.39 is 0 Å². The zero-order valence-electron chi connectivity index (χ0n) is 12.2. The molecule has 3 rings (SSSR count).